The molecule has 0 aliphatic heterocycles. The Morgan fingerprint density at radius 1 is 1.09 bits per heavy atom. The molecule has 6 nitrogen and oxygen atoms in total. The number of alkyl carbamates (subject to hydrolysis) is 1. The minimum absolute atomic E-state index is 0.297. The molecule has 0 fully saturated rings. The molecular formula is C26H30ClN3O3S. The molecule has 34 heavy (non-hydrogen) atoms. The lowest BCUT2D eigenvalue weighted by molar-refractivity contribution is -0.120. The molecule has 8 heteroatoms. The lowest BCUT2D eigenvalue weighted by atomic mass is 10.0. The van der Waals surface area contributed by atoms with Crippen LogP contribution < -0.4 is 10.2 Å². The summed E-state index contributed by atoms with van der Waals surface area (Å²) in [7, 11) is 0. The van der Waals surface area contributed by atoms with Crippen LogP contribution in [-0.2, 0) is 16.0 Å². The molecule has 2 aromatic carbocycles. The van der Waals surface area contributed by atoms with Gasteiger partial charge in [-0.1, -0.05) is 53.6 Å². The molecule has 180 valence electrons. The van der Waals surface area contributed by atoms with Crippen LogP contribution in [0.3, 0.4) is 0 Å². The van der Waals surface area contributed by atoms with E-state index in [1.807, 2.05) is 13.8 Å². The number of carbonyl (C=O) groups excluding carboxylic acids is 2. The quantitative estimate of drug-likeness (QED) is 0.416. The van der Waals surface area contributed by atoms with Gasteiger partial charge in [-0.2, -0.15) is 0 Å². The van der Waals surface area contributed by atoms with E-state index in [2.05, 4.69) is 34.6 Å². The van der Waals surface area contributed by atoms with Gasteiger partial charge in [-0.3, -0.25) is 9.69 Å². The Morgan fingerprint density at radius 2 is 1.74 bits per heavy atom. The van der Waals surface area contributed by atoms with Crippen LogP contribution in [0.1, 0.15) is 48.4 Å². The third-order valence-corrected chi connectivity index (χ3v) is 6.15. The molecule has 0 saturated heterocycles. The van der Waals surface area contributed by atoms with E-state index in [1.54, 1.807) is 56.1 Å². The monoisotopic (exact) mass is 499 g/mol. The minimum Gasteiger partial charge on any atom is -0.444 e. The summed E-state index contributed by atoms with van der Waals surface area (Å²) < 4.78 is 5.43. The number of amides is 2. The van der Waals surface area contributed by atoms with Crippen LogP contribution in [0.25, 0.3) is 0 Å². The van der Waals surface area contributed by atoms with Crippen molar-refractivity contribution in [1.29, 1.82) is 0 Å². The Balaban J connectivity index is 1.92. The van der Waals surface area contributed by atoms with E-state index in [1.165, 1.54) is 16.9 Å². The standard InChI is InChI=1S/C26H30ClN3O3S/c1-17-6-8-19(9-7-17)14-15-30(24-28-16-18(2)34-24)23(31)22(20-10-12-21(27)13-11-20)29-25(32)33-26(3,4)5/h6-13,16,22H,14-15H2,1-5H3,(H,29,32). The summed E-state index contributed by atoms with van der Waals surface area (Å²) in [4.78, 5) is 33.6. The third-order valence-electron chi connectivity index (χ3n) is 4.96. The molecule has 1 N–H and O–H groups in total. The maximum Gasteiger partial charge on any atom is 0.408 e. The number of hydrogen-bond donors (Lipinski definition) is 1. The van der Waals surface area contributed by atoms with Crippen LogP contribution in [0.15, 0.2) is 54.7 Å². The van der Waals surface area contributed by atoms with Gasteiger partial charge in [-0.05, 0) is 64.3 Å². The number of ether oxygens (including phenoxy) is 1. The van der Waals surface area contributed by atoms with E-state index in [4.69, 9.17) is 16.3 Å². The number of anilines is 1. The van der Waals surface area contributed by atoms with Crippen LogP contribution in [0.4, 0.5) is 9.93 Å². The Labute approximate surface area is 209 Å². The lowest BCUT2D eigenvalue weighted by Gasteiger charge is -2.28. The van der Waals surface area contributed by atoms with Crippen LogP contribution >= 0.6 is 22.9 Å². The molecule has 0 aliphatic carbocycles. The first kappa shape index (κ1) is 25.7. The van der Waals surface area contributed by atoms with E-state index < -0.39 is 17.7 Å². The Kier molecular flexibility index (Phi) is 8.33. The van der Waals surface area contributed by atoms with Crippen LogP contribution in [-0.4, -0.2) is 29.1 Å². The van der Waals surface area contributed by atoms with Crippen molar-refractivity contribution >= 4 is 40.1 Å². The molecule has 3 aromatic rings. The van der Waals surface area contributed by atoms with Crippen molar-refractivity contribution < 1.29 is 14.3 Å². The van der Waals surface area contributed by atoms with Crippen molar-refractivity contribution in [2.24, 2.45) is 0 Å². The predicted molar refractivity (Wildman–Crippen MR) is 138 cm³/mol. The van der Waals surface area contributed by atoms with Crippen molar-refractivity contribution in [2.75, 3.05) is 11.4 Å². The fourth-order valence-corrected chi connectivity index (χ4v) is 4.20. The van der Waals surface area contributed by atoms with Crippen molar-refractivity contribution in [3.8, 4) is 0 Å². The number of hydrogen-bond acceptors (Lipinski definition) is 5. The topological polar surface area (TPSA) is 71.5 Å². The SMILES string of the molecule is Cc1ccc(CCN(C(=O)C(NC(=O)OC(C)(C)C)c2ccc(Cl)cc2)c2ncc(C)s2)cc1. The van der Waals surface area contributed by atoms with E-state index in [-0.39, 0.29) is 5.91 Å². The van der Waals surface area contributed by atoms with Gasteiger partial charge in [-0.15, -0.1) is 11.3 Å². The first-order valence-corrected chi connectivity index (χ1v) is 12.3. The molecule has 1 aromatic heterocycles. The number of benzene rings is 2. The second-order valence-corrected chi connectivity index (χ2v) is 10.8. The fraction of sp³-hybridized carbons (Fsp3) is 0.346. The van der Waals surface area contributed by atoms with Gasteiger partial charge >= 0.3 is 6.09 Å². The van der Waals surface area contributed by atoms with Crippen molar-refractivity contribution in [2.45, 2.75) is 52.7 Å². The summed E-state index contributed by atoms with van der Waals surface area (Å²) in [6.45, 7) is 9.72. The number of nitrogens with zero attached hydrogens (tertiary/aromatic N) is 2. The highest BCUT2D eigenvalue weighted by Crippen LogP contribution is 2.27. The highest BCUT2D eigenvalue weighted by molar-refractivity contribution is 7.15. The number of aromatic nitrogens is 1. The minimum atomic E-state index is -0.964. The van der Waals surface area contributed by atoms with E-state index in [0.717, 1.165) is 10.4 Å². The number of rotatable bonds is 7. The number of thiazole rings is 1. The zero-order valence-corrected chi connectivity index (χ0v) is 21.7. The molecular weight excluding hydrogens is 470 g/mol. The average molecular weight is 500 g/mol. The summed E-state index contributed by atoms with van der Waals surface area (Å²) in [5.74, 6) is -0.297. The van der Waals surface area contributed by atoms with Crippen LogP contribution in [0.5, 0.6) is 0 Å². The molecule has 0 saturated carbocycles. The van der Waals surface area contributed by atoms with E-state index in [9.17, 15) is 9.59 Å². The van der Waals surface area contributed by atoms with Gasteiger partial charge in [0.05, 0.1) is 0 Å². The summed E-state index contributed by atoms with van der Waals surface area (Å²) in [6, 6.07) is 14.1. The van der Waals surface area contributed by atoms with Gasteiger partial charge in [0.1, 0.15) is 11.6 Å². The van der Waals surface area contributed by atoms with Gasteiger partial charge in [0.25, 0.3) is 5.91 Å². The number of halogens is 1. The molecule has 0 aliphatic rings. The molecule has 1 unspecified atom stereocenters. The molecule has 1 atom stereocenters. The van der Waals surface area contributed by atoms with Crippen molar-refractivity contribution in [1.82, 2.24) is 10.3 Å². The largest absolute Gasteiger partial charge is 0.444 e. The van der Waals surface area contributed by atoms with Gasteiger partial charge in [0.15, 0.2) is 5.13 Å². The fourth-order valence-electron chi connectivity index (χ4n) is 3.29. The van der Waals surface area contributed by atoms with Gasteiger partial charge < -0.3 is 10.1 Å². The third kappa shape index (κ3) is 7.30. The average Bonchev–Trinajstić information content (AvgIpc) is 3.19. The van der Waals surface area contributed by atoms with Crippen LogP contribution in [0.2, 0.25) is 5.02 Å². The predicted octanol–water partition coefficient (Wildman–Crippen LogP) is 6.26. The first-order chi connectivity index (χ1) is 16.0. The normalized spacial score (nSPS) is 12.2. The van der Waals surface area contributed by atoms with Crippen molar-refractivity contribution in [3.63, 3.8) is 0 Å². The van der Waals surface area contributed by atoms with Crippen molar-refractivity contribution in [3.05, 3.63) is 81.3 Å². The highest BCUT2D eigenvalue weighted by atomic mass is 35.5. The van der Waals surface area contributed by atoms with E-state index in [0.29, 0.717) is 28.7 Å². The number of aryl methyl sites for hydroxylation is 2. The smallest absolute Gasteiger partial charge is 0.408 e. The second kappa shape index (κ2) is 11.0. The maximum absolute atomic E-state index is 13.9. The maximum atomic E-state index is 13.9. The van der Waals surface area contributed by atoms with Gasteiger partial charge in [0, 0.05) is 22.6 Å². The molecule has 3 rings (SSSR count). The summed E-state index contributed by atoms with van der Waals surface area (Å²) in [6.07, 6.45) is 1.71. The zero-order chi connectivity index (χ0) is 24.9. The van der Waals surface area contributed by atoms with Crippen LogP contribution in [0, 0.1) is 13.8 Å². The summed E-state index contributed by atoms with van der Waals surface area (Å²) in [5, 5.41) is 3.88. The summed E-state index contributed by atoms with van der Waals surface area (Å²) in [5.41, 5.74) is 2.19. The Hall–Kier alpha value is -2.90. The van der Waals surface area contributed by atoms with Gasteiger partial charge in [-0.25, -0.2) is 9.78 Å². The Bertz CT molecular complexity index is 1120. The van der Waals surface area contributed by atoms with E-state index >= 15 is 0 Å². The molecule has 0 radical (unpaired) electrons. The number of carbonyl (C=O) groups is 2. The second-order valence-electron chi connectivity index (χ2n) is 9.11. The lowest BCUT2D eigenvalue weighted by Crippen LogP contribution is -2.45. The van der Waals surface area contributed by atoms with Gasteiger partial charge in [0.2, 0.25) is 0 Å². The first-order valence-electron chi connectivity index (χ1n) is 11.1. The highest BCUT2D eigenvalue weighted by Gasteiger charge is 2.31. The Morgan fingerprint density at radius 3 is 2.29 bits per heavy atom. The molecule has 0 bridgehead atoms. The molecule has 1 heterocycles. The zero-order valence-electron chi connectivity index (χ0n) is 20.1. The number of nitrogens with one attached hydrogen (secondary N) is 1. The molecule has 2 amide bonds. The summed E-state index contributed by atoms with van der Waals surface area (Å²) >= 11 is 7.50. The molecule has 0 spiro atoms.